The minimum Gasteiger partial charge on any atom is -0.462 e. The molecule has 5 nitrogen and oxygen atoms in total. The van der Waals surface area contributed by atoms with Crippen LogP contribution in [0.1, 0.15) is 17.3 Å². The first-order valence-electron chi connectivity index (χ1n) is 5.97. The largest absolute Gasteiger partial charge is 0.462 e. The number of carbonyl (C=O) groups excluding carboxylic acids is 1. The fourth-order valence-electron chi connectivity index (χ4n) is 1.55. The van der Waals surface area contributed by atoms with Crippen LogP contribution in [-0.2, 0) is 4.74 Å². The summed E-state index contributed by atoms with van der Waals surface area (Å²) in [6.07, 6.45) is 1.52. The molecule has 2 N–H and O–H groups in total. The number of esters is 1. The molecule has 0 saturated carbocycles. The molecule has 0 unspecified atom stereocenters. The van der Waals surface area contributed by atoms with Crippen LogP contribution >= 0.6 is 11.6 Å². The molecule has 0 radical (unpaired) electrons. The summed E-state index contributed by atoms with van der Waals surface area (Å²) in [5, 5.41) is 0.501. The molecule has 6 heteroatoms. The Kier molecular flexibility index (Phi) is 4.42. The molecule has 0 aliphatic carbocycles. The lowest BCUT2D eigenvalue weighted by atomic mass is 10.2. The van der Waals surface area contributed by atoms with Crippen molar-refractivity contribution in [2.45, 2.75) is 6.92 Å². The molecule has 104 valence electrons. The molecule has 0 spiro atoms. The molecule has 2 aromatic rings. The van der Waals surface area contributed by atoms with Gasteiger partial charge in [0.2, 0.25) is 5.88 Å². The summed E-state index contributed by atoms with van der Waals surface area (Å²) in [6.45, 7) is 2.00. The van der Waals surface area contributed by atoms with E-state index in [1.165, 1.54) is 6.20 Å². The van der Waals surface area contributed by atoms with Gasteiger partial charge in [-0.15, -0.1) is 0 Å². The van der Waals surface area contributed by atoms with E-state index in [1.807, 2.05) is 0 Å². The summed E-state index contributed by atoms with van der Waals surface area (Å²) in [5.74, 6) is 0.0155. The molecule has 0 atom stereocenters. The number of hydrogen-bond acceptors (Lipinski definition) is 5. The van der Waals surface area contributed by atoms with Gasteiger partial charge in [0.25, 0.3) is 0 Å². The van der Waals surface area contributed by atoms with E-state index in [2.05, 4.69) is 4.98 Å². The van der Waals surface area contributed by atoms with Gasteiger partial charge in [-0.25, -0.2) is 9.78 Å². The number of rotatable bonds is 4. The SMILES string of the molecule is CCOC(=O)c1cccnc1Oc1ccc(Cl)cc1N. The zero-order valence-corrected chi connectivity index (χ0v) is 11.6. The number of hydrogen-bond donors (Lipinski definition) is 1. The van der Waals surface area contributed by atoms with E-state index in [-0.39, 0.29) is 18.1 Å². The van der Waals surface area contributed by atoms with Crippen molar-refractivity contribution in [1.29, 1.82) is 0 Å². The number of benzene rings is 1. The second-order valence-corrected chi connectivity index (χ2v) is 4.30. The highest BCUT2D eigenvalue weighted by Crippen LogP contribution is 2.30. The van der Waals surface area contributed by atoms with Gasteiger partial charge in [-0.1, -0.05) is 11.6 Å². The number of aromatic nitrogens is 1. The van der Waals surface area contributed by atoms with Crippen LogP contribution < -0.4 is 10.5 Å². The fourth-order valence-corrected chi connectivity index (χ4v) is 1.73. The maximum atomic E-state index is 11.8. The van der Waals surface area contributed by atoms with Crippen LogP contribution in [0.5, 0.6) is 11.6 Å². The maximum absolute atomic E-state index is 11.8. The van der Waals surface area contributed by atoms with E-state index >= 15 is 0 Å². The molecule has 0 bridgehead atoms. The second-order valence-electron chi connectivity index (χ2n) is 3.86. The van der Waals surface area contributed by atoms with E-state index < -0.39 is 5.97 Å². The number of ether oxygens (including phenoxy) is 2. The predicted molar refractivity (Wildman–Crippen MR) is 76.1 cm³/mol. The average Bonchev–Trinajstić information content (AvgIpc) is 2.43. The van der Waals surface area contributed by atoms with Crippen molar-refractivity contribution in [2.24, 2.45) is 0 Å². The lowest BCUT2D eigenvalue weighted by Gasteiger charge is -2.10. The lowest BCUT2D eigenvalue weighted by Crippen LogP contribution is -2.07. The number of nitrogens with zero attached hydrogens (tertiary/aromatic N) is 1. The molecular formula is C14H13ClN2O3. The molecule has 2 rings (SSSR count). The van der Waals surface area contributed by atoms with E-state index in [1.54, 1.807) is 37.3 Å². The molecule has 0 amide bonds. The predicted octanol–water partition coefficient (Wildman–Crippen LogP) is 3.29. The van der Waals surface area contributed by atoms with E-state index in [0.29, 0.717) is 16.5 Å². The molecule has 0 saturated heterocycles. The molecular weight excluding hydrogens is 280 g/mol. The third-order valence-corrected chi connectivity index (χ3v) is 2.68. The van der Waals surface area contributed by atoms with Gasteiger partial charge in [0, 0.05) is 11.2 Å². The van der Waals surface area contributed by atoms with E-state index in [9.17, 15) is 4.79 Å². The average molecular weight is 293 g/mol. The lowest BCUT2D eigenvalue weighted by molar-refractivity contribution is 0.0522. The van der Waals surface area contributed by atoms with Crippen molar-refractivity contribution in [3.05, 3.63) is 47.1 Å². The van der Waals surface area contributed by atoms with Gasteiger partial charge in [0.15, 0.2) is 5.75 Å². The smallest absolute Gasteiger partial charge is 0.343 e. The summed E-state index contributed by atoms with van der Waals surface area (Å²) in [7, 11) is 0. The van der Waals surface area contributed by atoms with Gasteiger partial charge < -0.3 is 15.2 Å². The van der Waals surface area contributed by atoms with E-state index in [4.69, 9.17) is 26.8 Å². The zero-order valence-electron chi connectivity index (χ0n) is 10.8. The monoisotopic (exact) mass is 292 g/mol. The van der Waals surface area contributed by atoms with Gasteiger partial charge in [-0.3, -0.25) is 0 Å². The molecule has 20 heavy (non-hydrogen) atoms. The second kappa shape index (κ2) is 6.25. The maximum Gasteiger partial charge on any atom is 0.343 e. The van der Waals surface area contributed by atoms with Crippen molar-refractivity contribution in [3.8, 4) is 11.6 Å². The Hall–Kier alpha value is -2.27. The number of halogens is 1. The van der Waals surface area contributed by atoms with Crippen LogP contribution in [0, 0.1) is 0 Å². The van der Waals surface area contributed by atoms with E-state index in [0.717, 1.165) is 0 Å². The summed E-state index contributed by atoms with van der Waals surface area (Å²) < 4.78 is 10.5. The first kappa shape index (κ1) is 14.1. The van der Waals surface area contributed by atoms with Crippen molar-refractivity contribution >= 4 is 23.3 Å². The molecule has 0 aliphatic rings. The van der Waals surface area contributed by atoms with Crippen LogP contribution in [-0.4, -0.2) is 17.6 Å². The highest BCUT2D eigenvalue weighted by atomic mass is 35.5. The van der Waals surface area contributed by atoms with Crippen LogP contribution in [0.4, 0.5) is 5.69 Å². The first-order chi connectivity index (χ1) is 9.61. The summed E-state index contributed by atoms with van der Waals surface area (Å²) in [5.41, 5.74) is 6.40. The molecule has 1 aromatic heterocycles. The summed E-state index contributed by atoms with van der Waals surface area (Å²) >= 11 is 5.82. The van der Waals surface area contributed by atoms with Crippen molar-refractivity contribution in [2.75, 3.05) is 12.3 Å². The third-order valence-electron chi connectivity index (χ3n) is 2.44. The van der Waals surface area contributed by atoms with Crippen LogP contribution in [0.3, 0.4) is 0 Å². The Bertz CT molecular complexity index is 632. The highest BCUT2D eigenvalue weighted by Gasteiger charge is 2.16. The number of pyridine rings is 1. The van der Waals surface area contributed by atoms with Crippen molar-refractivity contribution < 1.29 is 14.3 Å². The van der Waals surface area contributed by atoms with Crippen LogP contribution in [0.2, 0.25) is 5.02 Å². The standard InChI is InChI=1S/C14H13ClN2O3/c1-2-19-14(18)10-4-3-7-17-13(10)20-12-6-5-9(15)8-11(12)16/h3-8H,2,16H2,1H3. The van der Waals surface area contributed by atoms with Gasteiger partial charge in [0.05, 0.1) is 12.3 Å². The number of nitrogens with two attached hydrogens (primary N) is 1. The molecule has 1 heterocycles. The summed E-state index contributed by atoms with van der Waals surface area (Å²) in [6, 6.07) is 8.02. The van der Waals surface area contributed by atoms with Crippen molar-refractivity contribution in [1.82, 2.24) is 4.98 Å². The van der Waals surface area contributed by atoms with Gasteiger partial charge in [-0.2, -0.15) is 0 Å². The Balaban J connectivity index is 2.31. The number of nitrogen functional groups attached to an aromatic ring is 1. The van der Waals surface area contributed by atoms with Crippen LogP contribution in [0.25, 0.3) is 0 Å². The van der Waals surface area contributed by atoms with Gasteiger partial charge >= 0.3 is 5.97 Å². The minimum atomic E-state index is -0.497. The normalized spacial score (nSPS) is 10.1. The topological polar surface area (TPSA) is 74.4 Å². The third kappa shape index (κ3) is 3.19. The molecule has 1 aromatic carbocycles. The summed E-state index contributed by atoms with van der Waals surface area (Å²) in [4.78, 5) is 15.8. The highest BCUT2D eigenvalue weighted by molar-refractivity contribution is 6.30. The fraction of sp³-hybridized carbons (Fsp3) is 0.143. The minimum absolute atomic E-state index is 0.139. The Morgan fingerprint density at radius 2 is 2.20 bits per heavy atom. The first-order valence-corrected chi connectivity index (χ1v) is 6.34. The Morgan fingerprint density at radius 1 is 1.40 bits per heavy atom. The number of anilines is 1. The van der Waals surface area contributed by atoms with Crippen molar-refractivity contribution in [3.63, 3.8) is 0 Å². The van der Waals surface area contributed by atoms with Gasteiger partial charge in [0.1, 0.15) is 5.56 Å². The molecule has 0 aliphatic heterocycles. The van der Waals surface area contributed by atoms with Gasteiger partial charge in [-0.05, 0) is 37.3 Å². The number of carbonyl (C=O) groups is 1. The Morgan fingerprint density at radius 3 is 2.90 bits per heavy atom. The zero-order chi connectivity index (χ0) is 14.5. The Labute approximate surface area is 121 Å². The molecule has 0 fully saturated rings. The quantitative estimate of drug-likeness (QED) is 0.691. The van der Waals surface area contributed by atoms with Crippen LogP contribution in [0.15, 0.2) is 36.5 Å².